The zero-order chi connectivity index (χ0) is 13.0. The normalized spacial score (nSPS) is 36.2. The number of fused-ring (bicyclic) bond motifs is 2. The summed E-state index contributed by atoms with van der Waals surface area (Å²) in [6, 6.07) is 0. The quantitative estimate of drug-likeness (QED) is 0.490. The van der Waals surface area contributed by atoms with Gasteiger partial charge in [0.15, 0.2) is 0 Å². The lowest BCUT2D eigenvalue weighted by molar-refractivity contribution is -0.148. The smallest absolute Gasteiger partial charge is 0.308 e. The summed E-state index contributed by atoms with van der Waals surface area (Å²) < 4.78 is 11.2. The molecule has 2 aliphatic heterocycles. The Bertz CT molecular complexity index is 346. The molecule has 1 saturated heterocycles. The minimum atomic E-state index is -0.0885. The van der Waals surface area contributed by atoms with Crippen molar-refractivity contribution in [3.63, 3.8) is 0 Å². The Morgan fingerprint density at radius 2 is 2.11 bits per heavy atom. The van der Waals surface area contributed by atoms with Gasteiger partial charge in [0.1, 0.15) is 0 Å². The van der Waals surface area contributed by atoms with E-state index in [0.29, 0.717) is 6.61 Å². The molecule has 0 N–H and O–H groups in total. The van der Waals surface area contributed by atoms with Gasteiger partial charge in [-0.3, -0.25) is 4.79 Å². The predicted molar refractivity (Wildman–Crippen MR) is 70.1 cm³/mol. The lowest BCUT2D eigenvalue weighted by Crippen LogP contribution is -2.16. The monoisotopic (exact) mass is 250 g/mol. The summed E-state index contributed by atoms with van der Waals surface area (Å²) in [6.07, 6.45) is 8.94. The summed E-state index contributed by atoms with van der Waals surface area (Å²) in [5.74, 6) is -0.141. The van der Waals surface area contributed by atoms with Crippen LogP contribution in [0.4, 0.5) is 0 Å². The van der Waals surface area contributed by atoms with Gasteiger partial charge in [-0.25, -0.2) is 0 Å². The average Bonchev–Trinajstić information content (AvgIpc) is 2.70. The van der Waals surface area contributed by atoms with Crippen LogP contribution in [-0.2, 0) is 14.3 Å². The van der Waals surface area contributed by atoms with Crippen LogP contribution < -0.4 is 0 Å². The Balaban J connectivity index is 1.97. The molecule has 0 unspecified atom stereocenters. The van der Waals surface area contributed by atoms with Crippen molar-refractivity contribution in [3.05, 3.63) is 24.3 Å². The second kappa shape index (κ2) is 6.19. The van der Waals surface area contributed by atoms with Crippen molar-refractivity contribution in [1.82, 2.24) is 0 Å². The van der Waals surface area contributed by atoms with Crippen LogP contribution >= 0.6 is 0 Å². The Morgan fingerprint density at radius 1 is 1.33 bits per heavy atom. The summed E-state index contributed by atoms with van der Waals surface area (Å²) in [5, 5.41) is 0. The molecule has 0 aromatic rings. The van der Waals surface area contributed by atoms with Gasteiger partial charge in [-0.15, -0.1) is 0 Å². The minimum absolute atomic E-state index is 0.0525. The Labute approximate surface area is 109 Å². The third-order valence-corrected chi connectivity index (χ3v) is 3.63. The number of hydrogen-bond acceptors (Lipinski definition) is 3. The van der Waals surface area contributed by atoms with E-state index in [2.05, 4.69) is 12.7 Å². The van der Waals surface area contributed by atoms with Crippen LogP contribution in [0.15, 0.2) is 24.3 Å². The molecule has 3 atom stereocenters. The van der Waals surface area contributed by atoms with Crippen molar-refractivity contribution in [2.45, 2.75) is 51.2 Å². The molecule has 0 amide bonds. The van der Waals surface area contributed by atoms with Crippen molar-refractivity contribution >= 4 is 5.97 Å². The van der Waals surface area contributed by atoms with E-state index in [1.54, 1.807) is 0 Å². The van der Waals surface area contributed by atoms with E-state index in [1.807, 2.05) is 13.0 Å². The van der Waals surface area contributed by atoms with Crippen molar-refractivity contribution < 1.29 is 14.3 Å². The number of rotatable bonds is 0. The van der Waals surface area contributed by atoms with Crippen molar-refractivity contribution in [3.8, 4) is 0 Å². The number of cyclic esters (lactones) is 1. The summed E-state index contributed by atoms with van der Waals surface area (Å²) in [5.41, 5.74) is 1.20. The maximum atomic E-state index is 11.6. The van der Waals surface area contributed by atoms with Gasteiger partial charge in [-0.1, -0.05) is 25.7 Å². The molecular weight excluding hydrogens is 228 g/mol. The summed E-state index contributed by atoms with van der Waals surface area (Å²) in [6.45, 7) is 6.50. The van der Waals surface area contributed by atoms with Gasteiger partial charge in [0.2, 0.25) is 0 Å². The standard InChI is InChI=1S/C15H22O3/c1-11-6-3-4-8-14-12(2)10-13(18-14)7-5-9-17-15(11)16/h3-4,11,13-14H,2,5-10H2,1H3/b4-3-/t11-,13-,14-/m0/s1. The van der Waals surface area contributed by atoms with Crippen LogP contribution in [0.1, 0.15) is 39.0 Å². The summed E-state index contributed by atoms with van der Waals surface area (Å²) in [7, 11) is 0. The average molecular weight is 250 g/mol. The van der Waals surface area contributed by atoms with E-state index in [-0.39, 0.29) is 24.1 Å². The molecule has 0 saturated carbocycles. The third kappa shape index (κ3) is 3.45. The molecule has 3 nitrogen and oxygen atoms in total. The molecule has 0 aromatic heterocycles. The van der Waals surface area contributed by atoms with Crippen LogP contribution in [0.3, 0.4) is 0 Å². The van der Waals surface area contributed by atoms with E-state index >= 15 is 0 Å². The number of carbonyl (C=O) groups is 1. The maximum absolute atomic E-state index is 11.6. The van der Waals surface area contributed by atoms with Crippen molar-refractivity contribution in [1.29, 1.82) is 0 Å². The first kappa shape index (κ1) is 13.3. The fraction of sp³-hybridized carbons (Fsp3) is 0.667. The molecule has 2 bridgehead atoms. The van der Waals surface area contributed by atoms with E-state index in [1.165, 1.54) is 5.57 Å². The molecule has 0 radical (unpaired) electrons. The summed E-state index contributed by atoms with van der Waals surface area (Å²) >= 11 is 0. The molecule has 2 rings (SSSR count). The number of esters is 1. The van der Waals surface area contributed by atoms with E-state index < -0.39 is 0 Å². The van der Waals surface area contributed by atoms with Gasteiger partial charge >= 0.3 is 5.97 Å². The highest BCUT2D eigenvalue weighted by Gasteiger charge is 2.27. The van der Waals surface area contributed by atoms with Crippen LogP contribution in [0.5, 0.6) is 0 Å². The van der Waals surface area contributed by atoms with Gasteiger partial charge in [-0.05, 0) is 37.7 Å². The Morgan fingerprint density at radius 3 is 2.94 bits per heavy atom. The van der Waals surface area contributed by atoms with E-state index in [9.17, 15) is 4.79 Å². The first-order valence-electron chi connectivity index (χ1n) is 6.81. The fourth-order valence-corrected chi connectivity index (χ4v) is 2.44. The zero-order valence-corrected chi connectivity index (χ0v) is 11.1. The molecule has 2 aliphatic rings. The Kier molecular flexibility index (Phi) is 4.59. The second-order valence-corrected chi connectivity index (χ2v) is 5.26. The van der Waals surface area contributed by atoms with E-state index in [4.69, 9.17) is 9.47 Å². The Hall–Kier alpha value is -1.09. The first-order chi connectivity index (χ1) is 8.66. The molecule has 3 heteroatoms. The molecule has 0 spiro atoms. The van der Waals surface area contributed by atoms with Crippen LogP contribution in [-0.4, -0.2) is 24.8 Å². The number of carbonyl (C=O) groups excluding carboxylic acids is 1. The molecule has 0 aliphatic carbocycles. The first-order valence-corrected chi connectivity index (χ1v) is 6.81. The molecule has 100 valence electrons. The van der Waals surface area contributed by atoms with Crippen molar-refractivity contribution in [2.75, 3.05) is 6.61 Å². The van der Waals surface area contributed by atoms with Crippen molar-refractivity contribution in [2.24, 2.45) is 5.92 Å². The number of allylic oxidation sites excluding steroid dienone is 1. The van der Waals surface area contributed by atoms with Crippen LogP contribution in [0.25, 0.3) is 0 Å². The second-order valence-electron chi connectivity index (χ2n) is 5.26. The highest BCUT2D eigenvalue weighted by molar-refractivity contribution is 5.72. The molecule has 0 aromatic carbocycles. The predicted octanol–water partition coefficient (Wildman–Crippen LogP) is 3.01. The van der Waals surface area contributed by atoms with Gasteiger partial charge in [-0.2, -0.15) is 0 Å². The fourth-order valence-electron chi connectivity index (χ4n) is 2.44. The highest BCUT2D eigenvalue weighted by atomic mass is 16.5. The lowest BCUT2D eigenvalue weighted by atomic mass is 10.0. The topological polar surface area (TPSA) is 35.5 Å². The van der Waals surface area contributed by atoms with Gasteiger partial charge in [0, 0.05) is 0 Å². The minimum Gasteiger partial charge on any atom is -0.465 e. The SMILES string of the molecule is C=C1C[C@@H]2CCCOC(=O)[C@@H](C)C/C=C\C[C@@H]1O2. The van der Waals surface area contributed by atoms with Gasteiger partial charge in [0.25, 0.3) is 0 Å². The van der Waals surface area contributed by atoms with E-state index in [0.717, 1.165) is 32.1 Å². The lowest BCUT2D eigenvalue weighted by Gasteiger charge is -2.12. The van der Waals surface area contributed by atoms with Crippen LogP contribution in [0.2, 0.25) is 0 Å². The molecule has 18 heavy (non-hydrogen) atoms. The maximum Gasteiger partial charge on any atom is 0.308 e. The molecule has 1 fully saturated rings. The number of hydrogen-bond donors (Lipinski definition) is 0. The highest BCUT2D eigenvalue weighted by Crippen LogP contribution is 2.29. The summed E-state index contributed by atoms with van der Waals surface area (Å²) in [4.78, 5) is 11.6. The third-order valence-electron chi connectivity index (χ3n) is 3.63. The largest absolute Gasteiger partial charge is 0.465 e. The van der Waals surface area contributed by atoms with Gasteiger partial charge in [0.05, 0.1) is 24.7 Å². The molecule has 2 heterocycles. The molecular formula is C15H22O3. The van der Waals surface area contributed by atoms with Crippen LogP contribution in [0, 0.1) is 5.92 Å². The zero-order valence-electron chi connectivity index (χ0n) is 11.1. The number of ether oxygens (including phenoxy) is 2. The van der Waals surface area contributed by atoms with Gasteiger partial charge < -0.3 is 9.47 Å².